The molecular formula is C36H41N5O3. The van der Waals surface area contributed by atoms with Crippen LogP contribution in [0.1, 0.15) is 40.2 Å². The lowest BCUT2D eigenvalue weighted by Gasteiger charge is -2.28. The number of fused-ring (bicyclic) bond motifs is 1. The molecule has 8 heteroatoms. The lowest BCUT2D eigenvalue weighted by atomic mass is 9.94. The first-order valence-electron chi connectivity index (χ1n) is 15.5. The van der Waals surface area contributed by atoms with Gasteiger partial charge < -0.3 is 28.4 Å². The third kappa shape index (κ3) is 6.81. The topological polar surface area (TPSA) is 67.0 Å². The van der Waals surface area contributed by atoms with Crippen molar-refractivity contribution in [2.75, 3.05) is 58.3 Å². The fourth-order valence-electron chi connectivity index (χ4n) is 6.21. The quantitative estimate of drug-likeness (QED) is 0.184. The van der Waals surface area contributed by atoms with Crippen molar-refractivity contribution in [3.8, 4) is 5.75 Å². The molecule has 2 aromatic heterocycles. The molecule has 1 atom stereocenters. The molecule has 0 radical (unpaired) electrons. The Morgan fingerprint density at radius 3 is 2.52 bits per heavy atom. The maximum Gasteiger partial charge on any atom is 0.253 e. The van der Waals surface area contributed by atoms with Gasteiger partial charge in [0, 0.05) is 50.3 Å². The number of carbonyl (C=O) groups excluding carboxylic acids is 1. The Hall–Kier alpha value is -4.56. The Morgan fingerprint density at radius 2 is 1.75 bits per heavy atom. The first-order valence-corrected chi connectivity index (χ1v) is 15.5. The molecule has 5 aromatic rings. The van der Waals surface area contributed by atoms with Crippen LogP contribution in [0.15, 0.2) is 102 Å². The van der Waals surface area contributed by atoms with Gasteiger partial charge in [-0.25, -0.2) is 4.98 Å². The summed E-state index contributed by atoms with van der Waals surface area (Å²) in [4.78, 5) is 25.1. The Labute approximate surface area is 259 Å². The summed E-state index contributed by atoms with van der Waals surface area (Å²) in [5.41, 5.74) is 5.23. The van der Waals surface area contributed by atoms with E-state index in [9.17, 15) is 4.79 Å². The SMILES string of the molecule is COc1ccc(C(CCN2CCCN(c3nc4ccccc4n3Cc3ccoc3)CC2)CN(C)C(=O)c2ccccc2)cc1. The molecular weight excluding hydrogens is 550 g/mol. The Morgan fingerprint density at radius 1 is 0.955 bits per heavy atom. The van der Waals surface area contributed by atoms with Gasteiger partial charge >= 0.3 is 0 Å². The molecule has 0 saturated carbocycles. The summed E-state index contributed by atoms with van der Waals surface area (Å²) >= 11 is 0. The molecule has 0 N–H and O–H groups in total. The molecule has 8 nitrogen and oxygen atoms in total. The Bertz CT molecular complexity index is 1630. The number of methoxy groups -OCH3 is 1. The predicted molar refractivity (Wildman–Crippen MR) is 175 cm³/mol. The number of anilines is 1. The fraction of sp³-hybridized carbons (Fsp3) is 0.333. The van der Waals surface area contributed by atoms with Crippen LogP contribution >= 0.6 is 0 Å². The molecule has 1 aliphatic heterocycles. The maximum atomic E-state index is 13.2. The Balaban J connectivity index is 1.14. The van der Waals surface area contributed by atoms with Gasteiger partial charge in [-0.3, -0.25) is 4.79 Å². The number of ether oxygens (including phenoxy) is 1. The molecule has 1 saturated heterocycles. The second-order valence-corrected chi connectivity index (χ2v) is 11.6. The van der Waals surface area contributed by atoms with E-state index in [4.69, 9.17) is 14.1 Å². The van der Waals surface area contributed by atoms with E-state index in [0.29, 0.717) is 6.54 Å². The number of benzene rings is 3. The highest BCUT2D eigenvalue weighted by molar-refractivity contribution is 5.94. The number of amides is 1. The summed E-state index contributed by atoms with van der Waals surface area (Å²) < 4.78 is 13.1. The van der Waals surface area contributed by atoms with Crippen molar-refractivity contribution in [2.24, 2.45) is 0 Å². The van der Waals surface area contributed by atoms with E-state index < -0.39 is 0 Å². The van der Waals surface area contributed by atoms with E-state index in [-0.39, 0.29) is 11.8 Å². The number of aromatic nitrogens is 2. The van der Waals surface area contributed by atoms with E-state index in [1.165, 1.54) is 5.56 Å². The van der Waals surface area contributed by atoms with Crippen molar-refractivity contribution in [3.05, 3.63) is 114 Å². The third-order valence-corrected chi connectivity index (χ3v) is 8.67. The number of hydrogen-bond donors (Lipinski definition) is 0. The molecule has 1 unspecified atom stereocenters. The summed E-state index contributed by atoms with van der Waals surface area (Å²) in [5.74, 6) is 2.11. The highest BCUT2D eigenvalue weighted by Gasteiger charge is 2.24. The van der Waals surface area contributed by atoms with E-state index in [1.807, 2.05) is 66.7 Å². The smallest absolute Gasteiger partial charge is 0.253 e. The van der Waals surface area contributed by atoms with Crippen molar-refractivity contribution in [2.45, 2.75) is 25.3 Å². The second kappa shape index (κ2) is 13.8. The number of nitrogens with zero attached hydrogens (tertiary/aromatic N) is 5. The highest BCUT2D eigenvalue weighted by atomic mass is 16.5. The number of imidazole rings is 1. The number of rotatable bonds is 11. The first-order chi connectivity index (χ1) is 21.6. The van der Waals surface area contributed by atoms with Gasteiger partial charge in [0.05, 0.1) is 37.2 Å². The zero-order chi connectivity index (χ0) is 30.3. The highest BCUT2D eigenvalue weighted by Crippen LogP contribution is 2.27. The first kappa shape index (κ1) is 29.5. The van der Waals surface area contributed by atoms with Crippen LogP contribution in [0.25, 0.3) is 11.0 Å². The number of likely N-dealkylation sites (N-methyl/N-ethyl adjacent to an activating group) is 1. The molecule has 0 spiro atoms. The second-order valence-electron chi connectivity index (χ2n) is 11.6. The van der Waals surface area contributed by atoms with E-state index in [0.717, 1.165) is 86.0 Å². The summed E-state index contributed by atoms with van der Waals surface area (Å²) in [6, 6.07) is 28.2. The van der Waals surface area contributed by atoms with Crippen molar-refractivity contribution >= 4 is 22.9 Å². The van der Waals surface area contributed by atoms with Crippen LogP contribution in [0.4, 0.5) is 5.95 Å². The molecule has 0 bridgehead atoms. The van der Waals surface area contributed by atoms with Crippen molar-refractivity contribution in [1.29, 1.82) is 0 Å². The minimum Gasteiger partial charge on any atom is -0.497 e. The molecule has 44 heavy (non-hydrogen) atoms. The van der Waals surface area contributed by atoms with Gasteiger partial charge in [0.2, 0.25) is 5.95 Å². The minimum absolute atomic E-state index is 0.0489. The third-order valence-electron chi connectivity index (χ3n) is 8.67. The number of furan rings is 1. The van der Waals surface area contributed by atoms with E-state index >= 15 is 0 Å². The lowest BCUT2D eigenvalue weighted by molar-refractivity contribution is 0.0782. The monoisotopic (exact) mass is 591 g/mol. The molecule has 3 heterocycles. The number of carbonyl (C=O) groups is 1. The molecule has 1 aliphatic rings. The summed E-state index contributed by atoms with van der Waals surface area (Å²) in [6.07, 6.45) is 5.56. The zero-order valence-corrected chi connectivity index (χ0v) is 25.6. The van der Waals surface area contributed by atoms with Crippen molar-refractivity contribution in [1.82, 2.24) is 19.4 Å². The molecule has 0 aliphatic carbocycles. The maximum absolute atomic E-state index is 13.2. The molecule has 228 valence electrons. The van der Waals surface area contributed by atoms with Gasteiger partial charge in [-0.1, -0.05) is 42.5 Å². The normalized spacial score (nSPS) is 14.8. The van der Waals surface area contributed by atoms with Gasteiger partial charge in [0.1, 0.15) is 5.75 Å². The largest absolute Gasteiger partial charge is 0.497 e. The number of hydrogen-bond acceptors (Lipinski definition) is 6. The van der Waals surface area contributed by atoms with Gasteiger partial charge in [-0.15, -0.1) is 0 Å². The summed E-state index contributed by atoms with van der Waals surface area (Å²) in [5, 5.41) is 0. The van der Waals surface area contributed by atoms with Gasteiger partial charge in [-0.2, -0.15) is 0 Å². The summed E-state index contributed by atoms with van der Waals surface area (Å²) in [7, 11) is 3.60. The lowest BCUT2D eigenvalue weighted by Crippen LogP contribution is -2.35. The van der Waals surface area contributed by atoms with Crippen LogP contribution in [-0.2, 0) is 6.54 Å². The molecule has 3 aromatic carbocycles. The molecule has 1 amide bonds. The van der Waals surface area contributed by atoms with Gasteiger partial charge in [0.15, 0.2) is 0 Å². The molecule has 6 rings (SSSR count). The standard InChI is InChI=1S/C36H41N5O3/c1-38(35(42)30-9-4-3-5-10-30)26-31(29-13-15-32(43-2)16-14-29)17-21-39-19-8-20-40(23-22-39)36-37-33-11-6-7-12-34(33)41(36)25-28-18-24-44-27-28/h3-7,9-16,18,24,27,31H,8,17,19-23,25-26H2,1-2H3. The fourth-order valence-corrected chi connectivity index (χ4v) is 6.21. The van der Waals surface area contributed by atoms with Gasteiger partial charge in [0.25, 0.3) is 5.91 Å². The van der Waals surface area contributed by atoms with Crippen LogP contribution in [-0.4, -0.2) is 78.7 Å². The average Bonchev–Trinajstić information content (AvgIpc) is 3.65. The van der Waals surface area contributed by atoms with Crippen LogP contribution in [0.3, 0.4) is 0 Å². The predicted octanol–water partition coefficient (Wildman–Crippen LogP) is 6.14. The van der Waals surface area contributed by atoms with Crippen molar-refractivity contribution in [3.63, 3.8) is 0 Å². The van der Waals surface area contributed by atoms with E-state index in [2.05, 4.69) is 50.8 Å². The van der Waals surface area contributed by atoms with Crippen LogP contribution in [0.2, 0.25) is 0 Å². The minimum atomic E-state index is 0.0489. The van der Waals surface area contributed by atoms with Gasteiger partial charge in [-0.05, 0) is 74.0 Å². The summed E-state index contributed by atoms with van der Waals surface area (Å²) in [6.45, 7) is 6.21. The van der Waals surface area contributed by atoms with E-state index in [1.54, 1.807) is 13.4 Å². The number of para-hydroxylation sites is 2. The average molecular weight is 592 g/mol. The van der Waals surface area contributed by atoms with Crippen molar-refractivity contribution < 1.29 is 13.9 Å². The zero-order valence-electron chi connectivity index (χ0n) is 25.6. The Kier molecular flexibility index (Phi) is 9.27. The van der Waals surface area contributed by atoms with Crippen LogP contribution in [0, 0.1) is 0 Å². The van der Waals surface area contributed by atoms with Crippen LogP contribution < -0.4 is 9.64 Å². The molecule has 1 fully saturated rings. The van der Waals surface area contributed by atoms with Crippen LogP contribution in [0.5, 0.6) is 5.75 Å².